The van der Waals surface area contributed by atoms with E-state index in [4.69, 9.17) is 0 Å². The zero-order valence-corrected chi connectivity index (χ0v) is 24.3. The van der Waals surface area contributed by atoms with E-state index in [0.29, 0.717) is 5.75 Å². The summed E-state index contributed by atoms with van der Waals surface area (Å²) in [6, 6.07) is 7.56. The summed E-state index contributed by atoms with van der Waals surface area (Å²) in [5.41, 5.74) is 1.39. The fourth-order valence-electron chi connectivity index (χ4n) is 5.81. The Bertz CT molecular complexity index is 654. The minimum absolute atomic E-state index is 0.128. The Labute approximate surface area is 223 Å². The van der Waals surface area contributed by atoms with Crippen molar-refractivity contribution in [2.75, 3.05) is 52.5 Å². The number of phenols is 1. The van der Waals surface area contributed by atoms with Crippen LogP contribution in [0.25, 0.3) is 0 Å². The average molecular weight is 503 g/mol. The van der Waals surface area contributed by atoms with Gasteiger partial charge in [0, 0.05) is 44.8 Å². The summed E-state index contributed by atoms with van der Waals surface area (Å²) in [5, 5.41) is 17.0. The van der Waals surface area contributed by atoms with E-state index in [1.807, 2.05) is 12.1 Å². The maximum absolute atomic E-state index is 9.45. The first-order chi connectivity index (χ1) is 17.4. The van der Waals surface area contributed by atoms with Gasteiger partial charge in [-0.05, 0) is 62.3 Å². The van der Waals surface area contributed by atoms with Crippen LogP contribution in [0.2, 0.25) is 0 Å². The molecule has 1 aromatic carbocycles. The van der Waals surface area contributed by atoms with E-state index in [0.717, 1.165) is 57.6 Å². The molecule has 0 amide bonds. The fourth-order valence-corrected chi connectivity index (χ4v) is 5.81. The Hall–Kier alpha value is -1.14. The standard InChI is InChI=1S/C31H58N4O/c1-6-10-12-27(8-3)22-34-24-31(5,25-35(26-34)23-28(9-4)13-11-7-2)33-21-20-32-19-18-29-14-16-30(36)17-15-29/h14-17,27-28,32-33,36H,6-13,18-26H2,1-5H3. The van der Waals surface area contributed by atoms with Gasteiger partial charge in [0.25, 0.3) is 0 Å². The van der Waals surface area contributed by atoms with Crippen molar-refractivity contribution in [3.05, 3.63) is 29.8 Å². The maximum Gasteiger partial charge on any atom is 0.115 e. The predicted molar refractivity (Wildman–Crippen MR) is 156 cm³/mol. The normalized spacial score (nSPS) is 21.0. The van der Waals surface area contributed by atoms with Gasteiger partial charge >= 0.3 is 0 Å². The fraction of sp³-hybridized carbons (Fsp3) is 0.806. The van der Waals surface area contributed by atoms with E-state index >= 15 is 0 Å². The van der Waals surface area contributed by atoms with Crippen molar-refractivity contribution in [1.29, 1.82) is 0 Å². The Morgan fingerprint density at radius 3 is 1.89 bits per heavy atom. The third-order valence-electron chi connectivity index (χ3n) is 8.04. The lowest BCUT2D eigenvalue weighted by Crippen LogP contribution is -2.65. The molecular formula is C31H58N4O. The van der Waals surface area contributed by atoms with Gasteiger partial charge in [-0.25, -0.2) is 0 Å². The van der Waals surface area contributed by atoms with Gasteiger partial charge in [-0.1, -0.05) is 78.4 Å². The summed E-state index contributed by atoms with van der Waals surface area (Å²) < 4.78 is 0. The van der Waals surface area contributed by atoms with Crippen LogP contribution >= 0.6 is 0 Å². The van der Waals surface area contributed by atoms with Crippen molar-refractivity contribution < 1.29 is 5.11 Å². The van der Waals surface area contributed by atoms with Crippen LogP contribution in [0, 0.1) is 11.8 Å². The molecule has 0 bridgehead atoms. The summed E-state index contributed by atoms with van der Waals surface area (Å²) in [7, 11) is 0. The van der Waals surface area contributed by atoms with E-state index in [1.165, 1.54) is 70.0 Å². The first-order valence-electron chi connectivity index (χ1n) is 15.1. The molecule has 0 saturated carbocycles. The average Bonchev–Trinajstić information content (AvgIpc) is 2.87. The Morgan fingerprint density at radius 2 is 1.39 bits per heavy atom. The number of nitrogens with zero attached hydrogens (tertiary/aromatic N) is 2. The topological polar surface area (TPSA) is 50.8 Å². The van der Waals surface area contributed by atoms with Crippen molar-refractivity contribution in [3.8, 4) is 5.75 Å². The first-order valence-corrected chi connectivity index (χ1v) is 15.1. The number of benzene rings is 1. The molecule has 5 heteroatoms. The Balaban J connectivity index is 1.88. The van der Waals surface area contributed by atoms with Crippen LogP contribution in [-0.4, -0.2) is 72.9 Å². The molecule has 0 radical (unpaired) electrons. The highest BCUT2D eigenvalue weighted by atomic mass is 16.3. The molecule has 1 fully saturated rings. The molecular weight excluding hydrogens is 444 g/mol. The van der Waals surface area contributed by atoms with Gasteiger partial charge in [0.1, 0.15) is 5.75 Å². The van der Waals surface area contributed by atoms with Crippen LogP contribution in [-0.2, 0) is 6.42 Å². The van der Waals surface area contributed by atoms with Gasteiger partial charge in [0.2, 0.25) is 0 Å². The molecule has 1 saturated heterocycles. The first kappa shape index (κ1) is 31.1. The van der Waals surface area contributed by atoms with Crippen LogP contribution in [0.15, 0.2) is 24.3 Å². The zero-order chi connectivity index (χ0) is 26.2. The van der Waals surface area contributed by atoms with E-state index in [-0.39, 0.29) is 5.54 Å². The number of hydrogen-bond donors (Lipinski definition) is 3. The summed E-state index contributed by atoms with van der Waals surface area (Å²) >= 11 is 0. The largest absolute Gasteiger partial charge is 0.508 e. The molecule has 0 spiro atoms. The van der Waals surface area contributed by atoms with Crippen molar-refractivity contribution in [3.63, 3.8) is 0 Å². The van der Waals surface area contributed by atoms with Gasteiger partial charge in [0.05, 0.1) is 6.67 Å². The molecule has 0 aliphatic carbocycles. The Kier molecular flexibility index (Phi) is 15.0. The molecule has 36 heavy (non-hydrogen) atoms. The second-order valence-electron chi connectivity index (χ2n) is 11.7. The van der Waals surface area contributed by atoms with Crippen molar-refractivity contribution in [2.24, 2.45) is 11.8 Å². The van der Waals surface area contributed by atoms with Gasteiger partial charge in [-0.15, -0.1) is 0 Å². The van der Waals surface area contributed by atoms with Crippen LogP contribution in [0.3, 0.4) is 0 Å². The van der Waals surface area contributed by atoms with E-state index in [2.05, 4.69) is 55.1 Å². The zero-order valence-electron chi connectivity index (χ0n) is 24.3. The second kappa shape index (κ2) is 17.4. The van der Waals surface area contributed by atoms with Crippen LogP contribution in [0.4, 0.5) is 0 Å². The van der Waals surface area contributed by atoms with Crippen LogP contribution < -0.4 is 10.6 Å². The van der Waals surface area contributed by atoms with Crippen LogP contribution in [0.5, 0.6) is 5.75 Å². The lowest BCUT2D eigenvalue weighted by atomic mass is 9.93. The summed E-state index contributed by atoms with van der Waals surface area (Å²) in [6.07, 6.45) is 11.6. The van der Waals surface area contributed by atoms with Crippen LogP contribution in [0.1, 0.15) is 91.5 Å². The lowest BCUT2D eigenvalue weighted by Gasteiger charge is -2.48. The minimum atomic E-state index is 0.128. The maximum atomic E-state index is 9.45. The highest BCUT2D eigenvalue weighted by Crippen LogP contribution is 2.23. The summed E-state index contributed by atoms with van der Waals surface area (Å²) in [6.45, 7) is 20.7. The van der Waals surface area contributed by atoms with E-state index < -0.39 is 0 Å². The molecule has 2 unspecified atom stereocenters. The molecule has 1 heterocycles. The van der Waals surface area contributed by atoms with Crippen molar-refractivity contribution in [1.82, 2.24) is 20.4 Å². The molecule has 0 aromatic heterocycles. The van der Waals surface area contributed by atoms with Gasteiger partial charge in [-0.3, -0.25) is 9.80 Å². The molecule has 3 N–H and O–H groups in total. The number of aromatic hydroxyl groups is 1. The summed E-state index contributed by atoms with van der Waals surface area (Å²) in [5.74, 6) is 1.97. The second-order valence-corrected chi connectivity index (χ2v) is 11.7. The third kappa shape index (κ3) is 11.9. The predicted octanol–water partition coefficient (Wildman–Crippen LogP) is 5.88. The molecule has 2 rings (SSSR count). The number of hydrogen-bond acceptors (Lipinski definition) is 5. The number of rotatable bonds is 19. The Morgan fingerprint density at radius 1 is 0.833 bits per heavy atom. The number of nitrogens with one attached hydrogen (secondary N) is 2. The smallest absolute Gasteiger partial charge is 0.115 e. The monoisotopic (exact) mass is 502 g/mol. The van der Waals surface area contributed by atoms with Crippen molar-refractivity contribution in [2.45, 2.75) is 97.9 Å². The highest BCUT2D eigenvalue weighted by Gasteiger charge is 2.35. The SMILES string of the molecule is CCCCC(CC)CN1CN(CC(CC)CCCC)CC(C)(NCCNCCc2ccc(O)cc2)C1. The highest BCUT2D eigenvalue weighted by molar-refractivity contribution is 5.25. The van der Waals surface area contributed by atoms with E-state index in [9.17, 15) is 5.11 Å². The molecule has 208 valence electrons. The number of unbranched alkanes of at least 4 members (excludes halogenated alkanes) is 2. The minimum Gasteiger partial charge on any atom is -0.508 e. The van der Waals surface area contributed by atoms with Gasteiger partial charge < -0.3 is 15.7 Å². The quantitative estimate of drug-likeness (QED) is 0.206. The molecule has 1 aromatic rings. The van der Waals surface area contributed by atoms with Gasteiger partial charge in [-0.2, -0.15) is 0 Å². The van der Waals surface area contributed by atoms with Crippen molar-refractivity contribution >= 4 is 0 Å². The molecule has 1 aliphatic heterocycles. The lowest BCUT2D eigenvalue weighted by molar-refractivity contribution is 0.00520. The molecule has 2 atom stereocenters. The third-order valence-corrected chi connectivity index (χ3v) is 8.04. The molecule has 5 nitrogen and oxygen atoms in total. The number of phenolic OH excluding ortho intramolecular Hbond substituents is 1. The van der Waals surface area contributed by atoms with Gasteiger partial charge in [0.15, 0.2) is 0 Å². The molecule has 1 aliphatic rings. The summed E-state index contributed by atoms with van der Waals surface area (Å²) in [4.78, 5) is 5.51. The van der Waals surface area contributed by atoms with E-state index in [1.54, 1.807) is 12.1 Å².